The number of oxime groups is 1. The second kappa shape index (κ2) is 5.79. The van der Waals surface area contributed by atoms with Crippen molar-refractivity contribution in [3.05, 3.63) is 51.4 Å². The minimum atomic E-state index is -0.176. The number of H-pyrrole nitrogens is 1. The van der Waals surface area contributed by atoms with Gasteiger partial charge in [0.05, 0.1) is 0 Å². The third-order valence-corrected chi connectivity index (χ3v) is 3.52. The molecule has 4 N–H and O–H groups in total. The molecule has 0 aliphatic carbocycles. The largest absolute Gasteiger partial charge is 0.409 e. The van der Waals surface area contributed by atoms with E-state index >= 15 is 0 Å². The van der Waals surface area contributed by atoms with Gasteiger partial charge in [-0.3, -0.25) is 4.79 Å². The number of aromatic nitrogens is 2. The molecule has 0 aliphatic rings. The summed E-state index contributed by atoms with van der Waals surface area (Å²) in [6.07, 6.45) is 0. The number of nitrogens with zero attached hydrogens (tertiary/aromatic N) is 2. The van der Waals surface area contributed by atoms with Crippen LogP contribution in [-0.2, 0) is 0 Å². The van der Waals surface area contributed by atoms with E-state index in [2.05, 4.69) is 15.1 Å². The van der Waals surface area contributed by atoms with Crippen molar-refractivity contribution >= 4 is 17.6 Å². The zero-order chi connectivity index (χ0) is 14.7. The van der Waals surface area contributed by atoms with Crippen LogP contribution in [0.15, 0.2) is 44.3 Å². The molecular weight excluding hydrogens is 276 g/mol. The third kappa shape index (κ3) is 3.18. The van der Waals surface area contributed by atoms with Gasteiger partial charge in [0.15, 0.2) is 11.0 Å². The highest BCUT2D eigenvalue weighted by molar-refractivity contribution is 7.99. The molecule has 2 rings (SSSR count). The fraction of sp³-hybridized carbons (Fsp3) is 0.154. The molecule has 1 aromatic heterocycles. The highest BCUT2D eigenvalue weighted by atomic mass is 32.2. The normalized spacial score (nSPS) is 11.6. The molecule has 104 valence electrons. The van der Waals surface area contributed by atoms with Crippen LogP contribution >= 0.6 is 11.8 Å². The summed E-state index contributed by atoms with van der Waals surface area (Å²) in [6.45, 7) is 3.63. The summed E-state index contributed by atoms with van der Waals surface area (Å²) in [5, 5.41) is 12.2. The van der Waals surface area contributed by atoms with Crippen LogP contribution in [0.1, 0.15) is 16.8 Å². The summed E-state index contributed by atoms with van der Waals surface area (Å²) in [5.41, 5.74) is 7.61. The standard InChI is InChI=1S/C13H14N4O2S/c1-7-5-9(3-4-10(7)12(14)17-19)20-13-15-8(2)6-11(18)16-13/h3-6,19H,1-2H3,(H2,14,17)(H,15,16,18). The average Bonchev–Trinajstić information content (AvgIpc) is 2.36. The third-order valence-electron chi connectivity index (χ3n) is 2.64. The first-order valence-corrected chi connectivity index (χ1v) is 6.65. The van der Waals surface area contributed by atoms with E-state index in [9.17, 15) is 4.79 Å². The van der Waals surface area contributed by atoms with Crippen molar-refractivity contribution in [2.45, 2.75) is 23.9 Å². The quantitative estimate of drug-likeness (QED) is 0.262. The predicted octanol–water partition coefficient (Wildman–Crippen LogP) is 1.63. The number of nitrogens with one attached hydrogen (secondary N) is 1. The second-order valence-corrected chi connectivity index (χ2v) is 5.32. The van der Waals surface area contributed by atoms with Gasteiger partial charge < -0.3 is 15.9 Å². The first-order chi connectivity index (χ1) is 9.49. The Morgan fingerprint density at radius 2 is 2.15 bits per heavy atom. The fourth-order valence-corrected chi connectivity index (χ4v) is 2.69. The van der Waals surface area contributed by atoms with Crippen molar-refractivity contribution in [2.75, 3.05) is 0 Å². The van der Waals surface area contributed by atoms with E-state index < -0.39 is 0 Å². The number of nitrogens with two attached hydrogens (primary N) is 1. The molecule has 0 amide bonds. The molecule has 7 heteroatoms. The van der Waals surface area contributed by atoms with E-state index in [-0.39, 0.29) is 11.4 Å². The Hall–Kier alpha value is -2.28. The first-order valence-electron chi connectivity index (χ1n) is 5.84. The second-order valence-electron chi connectivity index (χ2n) is 4.26. The molecule has 0 radical (unpaired) electrons. The van der Waals surface area contributed by atoms with E-state index in [0.29, 0.717) is 16.4 Å². The molecule has 20 heavy (non-hydrogen) atoms. The molecule has 0 fully saturated rings. The Balaban J connectivity index is 2.31. The van der Waals surface area contributed by atoms with Crippen molar-refractivity contribution in [3.63, 3.8) is 0 Å². The molecular formula is C13H14N4O2S. The van der Waals surface area contributed by atoms with Crippen LogP contribution in [0.2, 0.25) is 0 Å². The van der Waals surface area contributed by atoms with E-state index in [0.717, 1.165) is 10.5 Å². The molecule has 0 unspecified atom stereocenters. The van der Waals surface area contributed by atoms with Crippen molar-refractivity contribution in [2.24, 2.45) is 10.9 Å². The monoisotopic (exact) mass is 290 g/mol. The van der Waals surface area contributed by atoms with Gasteiger partial charge in [0.25, 0.3) is 5.56 Å². The highest BCUT2D eigenvalue weighted by Gasteiger charge is 2.07. The van der Waals surface area contributed by atoms with Gasteiger partial charge in [0, 0.05) is 22.2 Å². The van der Waals surface area contributed by atoms with E-state index in [1.165, 1.54) is 17.8 Å². The Kier molecular flexibility index (Phi) is 4.09. The van der Waals surface area contributed by atoms with Gasteiger partial charge in [-0.05, 0) is 37.6 Å². The summed E-state index contributed by atoms with van der Waals surface area (Å²) >= 11 is 1.35. The topological polar surface area (TPSA) is 104 Å². The fourth-order valence-electron chi connectivity index (χ4n) is 1.75. The molecule has 0 aliphatic heterocycles. The summed E-state index contributed by atoms with van der Waals surface area (Å²) in [4.78, 5) is 19.2. The number of aryl methyl sites for hydroxylation is 2. The highest BCUT2D eigenvalue weighted by Crippen LogP contribution is 2.26. The van der Waals surface area contributed by atoms with Gasteiger partial charge >= 0.3 is 0 Å². The maximum Gasteiger partial charge on any atom is 0.251 e. The molecule has 1 heterocycles. The van der Waals surface area contributed by atoms with Gasteiger partial charge in [0.2, 0.25) is 0 Å². The lowest BCUT2D eigenvalue weighted by Crippen LogP contribution is -2.14. The number of amidine groups is 1. The number of rotatable bonds is 3. The number of hydrogen-bond donors (Lipinski definition) is 3. The molecule has 1 aromatic carbocycles. The Labute approximate surface area is 119 Å². The molecule has 6 nitrogen and oxygen atoms in total. The molecule has 0 spiro atoms. The van der Waals surface area contributed by atoms with Gasteiger partial charge in [-0.25, -0.2) is 4.98 Å². The molecule has 2 aromatic rings. The van der Waals surface area contributed by atoms with Gasteiger partial charge in [-0.2, -0.15) is 0 Å². The smallest absolute Gasteiger partial charge is 0.251 e. The summed E-state index contributed by atoms with van der Waals surface area (Å²) in [7, 11) is 0. The van der Waals surface area contributed by atoms with Crippen molar-refractivity contribution < 1.29 is 5.21 Å². The van der Waals surface area contributed by atoms with E-state index in [4.69, 9.17) is 10.9 Å². The summed E-state index contributed by atoms with van der Waals surface area (Å²) in [6, 6.07) is 6.92. The Bertz CT molecular complexity index is 725. The van der Waals surface area contributed by atoms with Gasteiger partial charge in [0.1, 0.15) is 0 Å². The number of aromatic amines is 1. The number of hydrogen-bond acceptors (Lipinski definition) is 5. The average molecular weight is 290 g/mol. The summed E-state index contributed by atoms with van der Waals surface area (Å²) in [5.74, 6) is 0.0705. The number of benzene rings is 1. The Morgan fingerprint density at radius 3 is 2.75 bits per heavy atom. The van der Waals surface area contributed by atoms with Crippen LogP contribution in [0.4, 0.5) is 0 Å². The van der Waals surface area contributed by atoms with Gasteiger partial charge in [-0.15, -0.1) is 0 Å². The molecule has 0 bridgehead atoms. The summed E-state index contributed by atoms with van der Waals surface area (Å²) < 4.78 is 0. The lowest BCUT2D eigenvalue weighted by molar-refractivity contribution is 0.318. The zero-order valence-corrected chi connectivity index (χ0v) is 11.9. The Morgan fingerprint density at radius 1 is 1.40 bits per heavy atom. The van der Waals surface area contributed by atoms with Crippen LogP contribution in [0.3, 0.4) is 0 Å². The van der Waals surface area contributed by atoms with Crippen LogP contribution in [-0.4, -0.2) is 21.0 Å². The predicted molar refractivity (Wildman–Crippen MR) is 77.4 cm³/mol. The minimum Gasteiger partial charge on any atom is -0.409 e. The van der Waals surface area contributed by atoms with Crippen LogP contribution in [0.25, 0.3) is 0 Å². The van der Waals surface area contributed by atoms with Crippen LogP contribution in [0, 0.1) is 13.8 Å². The maximum absolute atomic E-state index is 11.4. The van der Waals surface area contributed by atoms with Crippen molar-refractivity contribution in [3.8, 4) is 0 Å². The lowest BCUT2D eigenvalue weighted by atomic mass is 10.1. The zero-order valence-electron chi connectivity index (χ0n) is 11.0. The van der Waals surface area contributed by atoms with Crippen molar-refractivity contribution in [1.82, 2.24) is 9.97 Å². The minimum absolute atomic E-state index is 0.0705. The van der Waals surface area contributed by atoms with Crippen LogP contribution in [0.5, 0.6) is 0 Å². The molecule has 0 atom stereocenters. The van der Waals surface area contributed by atoms with Gasteiger partial charge in [-0.1, -0.05) is 16.9 Å². The first kappa shape index (κ1) is 14.1. The maximum atomic E-state index is 11.4. The molecule has 0 saturated carbocycles. The van der Waals surface area contributed by atoms with Crippen molar-refractivity contribution in [1.29, 1.82) is 0 Å². The van der Waals surface area contributed by atoms with E-state index in [1.807, 2.05) is 19.1 Å². The molecule has 0 saturated heterocycles. The SMILES string of the molecule is Cc1cc(=O)[nH]c(Sc2ccc(/C(N)=N/O)c(C)c2)n1. The van der Waals surface area contributed by atoms with Crippen LogP contribution < -0.4 is 11.3 Å². The van der Waals surface area contributed by atoms with E-state index in [1.54, 1.807) is 13.0 Å². The lowest BCUT2D eigenvalue weighted by Gasteiger charge is -2.07.